The lowest BCUT2D eigenvalue weighted by atomic mass is 9.99. The Morgan fingerprint density at radius 2 is 2.00 bits per heavy atom. The molecule has 2 aromatic carbocycles. The molecule has 0 fully saturated rings. The lowest BCUT2D eigenvalue weighted by Crippen LogP contribution is -1.99. The van der Waals surface area contributed by atoms with Crippen molar-refractivity contribution in [3.05, 3.63) is 64.5 Å². The molecule has 0 aliphatic carbocycles. The molecule has 26 heavy (non-hydrogen) atoms. The molecule has 0 N–H and O–H groups in total. The molecule has 0 saturated carbocycles. The van der Waals surface area contributed by atoms with Crippen LogP contribution in [-0.2, 0) is 19.5 Å². The largest absolute Gasteiger partial charge is 0.327 e. The van der Waals surface area contributed by atoms with Crippen molar-refractivity contribution < 1.29 is 8.78 Å². The standard InChI is InChI=1S/C21H17F2N3/c1-12-17(22)7-6-16(19(12)23)20-21(26-8-2-3-18(26)25-20)13-4-5-14-10-24-11-15(14)9-13/h4-7,9,11H,2-3,8,10H2,1H3. The highest BCUT2D eigenvalue weighted by Gasteiger charge is 2.26. The van der Waals surface area contributed by atoms with Crippen LogP contribution in [0.5, 0.6) is 0 Å². The maximum atomic E-state index is 14.8. The molecule has 0 saturated heterocycles. The van der Waals surface area contributed by atoms with Gasteiger partial charge in [-0.15, -0.1) is 0 Å². The highest BCUT2D eigenvalue weighted by atomic mass is 19.1. The van der Waals surface area contributed by atoms with E-state index in [0.717, 1.165) is 42.0 Å². The zero-order valence-electron chi connectivity index (χ0n) is 14.4. The van der Waals surface area contributed by atoms with Gasteiger partial charge in [-0.1, -0.05) is 12.1 Å². The second-order valence-electron chi connectivity index (χ2n) is 6.90. The lowest BCUT2D eigenvalue weighted by Gasteiger charge is -2.11. The van der Waals surface area contributed by atoms with E-state index in [-0.39, 0.29) is 5.56 Å². The first-order chi connectivity index (χ1) is 12.6. The van der Waals surface area contributed by atoms with Gasteiger partial charge in [0, 0.05) is 35.9 Å². The molecule has 3 heterocycles. The maximum Gasteiger partial charge on any atom is 0.138 e. The van der Waals surface area contributed by atoms with Gasteiger partial charge >= 0.3 is 0 Å². The Labute approximate surface area is 150 Å². The minimum atomic E-state index is -0.536. The molecule has 0 spiro atoms. The third kappa shape index (κ3) is 2.16. The summed E-state index contributed by atoms with van der Waals surface area (Å²) >= 11 is 0. The first-order valence-corrected chi connectivity index (χ1v) is 8.81. The topological polar surface area (TPSA) is 30.2 Å². The van der Waals surface area contributed by atoms with Crippen molar-refractivity contribution in [2.75, 3.05) is 0 Å². The van der Waals surface area contributed by atoms with Gasteiger partial charge in [0.1, 0.15) is 17.5 Å². The Morgan fingerprint density at radius 3 is 2.88 bits per heavy atom. The summed E-state index contributed by atoms with van der Waals surface area (Å²) in [5, 5.41) is 0. The summed E-state index contributed by atoms with van der Waals surface area (Å²) in [5.74, 6) is -0.107. The number of aliphatic imine (C=N–C) groups is 1. The molecule has 2 aliphatic rings. The number of rotatable bonds is 2. The predicted octanol–water partition coefficient (Wildman–Crippen LogP) is 4.68. The van der Waals surface area contributed by atoms with Crippen molar-refractivity contribution in [3.63, 3.8) is 0 Å². The fourth-order valence-electron chi connectivity index (χ4n) is 3.90. The van der Waals surface area contributed by atoms with Gasteiger partial charge < -0.3 is 4.57 Å². The Hall–Kier alpha value is -2.82. The van der Waals surface area contributed by atoms with Crippen LogP contribution in [0.15, 0.2) is 35.3 Å². The number of fused-ring (bicyclic) bond motifs is 2. The summed E-state index contributed by atoms with van der Waals surface area (Å²) in [5.41, 5.74) is 5.17. The SMILES string of the molecule is Cc1c(F)ccc(-c2nc3n(c2-c2ccc4c(c2)C=NC4)CCC3)c1F. The minimum absolute atomic E-state index is 0.0303. The summed E-state index contributed by atoms with van der Waals surface area (Å²) < 4.78 is 30.7. The van der Waals surface area contributed by atoms with E-state index < -0.39 is 11.6 Å². The molecule has 0 atom stereocenters. The van der Waals surface area contributed by atoms with Crippen molar-refractivity contribution in [1.82, 2.24) is 9.55 Å². The van der Waals surface area contributed by atoms with Gasteiger partial charge in [0.05, 0.1) is 17.9 Å². The number of aryl methyl sites for hydroxylation is 1. The molecule has 3 nitrogen and oxygen atoms in total. The molecule has 0 bridgehead atoms. The van der Waals surface area contributed by atoms with Crippen LogP contribution in [0.25, 0.3) is 22.5 Å². The number of imidazole rings is 1. The highest BCUT2D eigenvalue weighted by Crippen LogP contribution is 2.38. The summed E-state index contributed by atoms with van der Waals surface area (Å²) in [6, 6.07) is 9.02. The zero-order valence-corrected chi connectivity index (χ0v) is 14.4. The normalized spacial score (nSPS) is 14.7. The molecule has 130 valence electrons. The number of nitrogens with zero attached hydrogens (tertiary/aromatic N) is 3. The average Bonchev–Trinajstić information content (AvgIpc) is 3.34. The maximum absolute atomic E-state index is 14.8. The summed E-state index contributed by atoms with van der Waals surface area (Å²) in [4.78, 5) is 9.04. The minimum Gasteiger partial charge on any atom is -0.327 e. The van der Waals surface area contributed by atoms with Crippen LogP contribution in [0.1, 0.15) is 28.9 Å². The molecular formula is C21H17F2N3. The van der Waals surface area contributed by atoms with E-state index in [1.165, 1.54) is 24.6 Å². The highest BCUT2D eigenvalue weighted by molar-refractivity contribution is 5.88. The summed E-state index contributed by atoms with van der Waals surface area (Å²) in [6.07, 6.45) is 3.79. The zero-order chi connectivity index (χ0) is 17.8. The van der Waals surface area contributed by atoms with Crippen molar-refractivity contribution in [1.29, 1.82) is 0 Å². The van der Waals surface area contributed by atoms with Crippen LogP contribution in [0.3, 0.4) is 0 Å². The lowest BCUT2D eigenvalue weighted by molar-refractivity contribution is 0.570. The van der Waals surface area contributed by atoms with Crippen LogP contribution in [0.2, 0.25) is 0 Å². The van der Waals surface area contributed by atoms with Gasteiger partial charge in [-0.3, -0.25) is 4.99 Å². The van der Waals surface area contributed by atoms with E-state index in [2.05, 4.69) is 21.7 Å². The molecule has 2 aliphatic heterocycles. The quantitative estimate of drug-likeness (QED) is 0.660. The third-order valence-electron chi connectivity index (χ3n) is 5.32. The van der Waals surface area contributed by atoms with Crippen LogP contribution < -0.4 is 0 Å². The second-order valence-corrected chi connectivity index (χ2v) is 6.90. The van der Waals surface area contributed by atoms with Crippen molar-refractivity contribution in [3.8, 4) is 22.5 Å². The van der Waals surface area contributed by atoms with E-state index in [9.17, 15) is 8.78 Å². The Balaban J connectivity index is 1.76. The van der Waals surface area contributed by atoms with Gasteiger partial charge in [0.25, 0.3) is 0 Å². The fraction of sp³-hybridized carbons (Fsp3) is 0.238. The van der Waals surface area contributed by atoms with E-state index in [0.29, 0.717) is 17.8 Å². The number of benzene rings is 2. The Bertz CT molecular complexity index is 1080. The van der Waals surface area contributed by atoms with Crippen LogP contribution in [0.4, 0.5) is 8.78 Å². The Morgan fingerprint density at radius 1 is 1.12 bits per heavy atom. The molecule has 0 amide bonds. The van der Waals surface area contributed by atoms with Crippen LogP contribution in [-0.4, -0.2) is 15.8 Å². The predicted molar refractivity (Wildman–Crippen MR) is 97.4 cm³/mol. The molecule has 0 radical (unpaired) electrons. The third-order valence-corrected chi connectivity index (χ3v) is 5.32. The smallest absolute Gasteiger partial charge is 0.138 e. The number of hydrogen-bond donors (Lipinski definition) is 0. The van der Waals surface area contributed by atoms with Crippen LogP contribution >= 0.6 is 0 Å². The van der Waals surface area contributed by atoms with Crippen molar-refractivity contribution in [2.45, 2.75) is 32.9 Å². The van der Waals surface area contributed by atoms with Crippen molar-refractivity contribution >= 4 is 6.21 Å². The second kappa shape index (κ2) is 5.59. The monoisotopic (exact) mass is 349 g/mol. The van der Waals surface area contributed by atoms with E-state index in [1.54, 1.807) is 0 Å². The molecule has 0 unspecified atom stereocenters. The first kappa shape index (κ1) is 15.4. The molecule has 5 heteroatoms. The first-order valence-electron chi connectivity index (χ1n) is 8.81. The van der Waals surface area contributed by atoms with Crippen LogP contribution in [0, 0.1) is 18.6 Å². The fourth-order valence-corrected chi connectivity index (χ4v) is 3.90. The van der Waals surface area contributed by atoms with E-state index >= 15 is 0 Å². The van der Waals surface area contributed by atoms with Gasteiger partial charge in [-0.2, -0.15) is 0 Å². The van der Waals surface area contributed by atoms with Gasteiger partial charge in [0.15, 0.2) is 0 Å². The molecular weight excluding hydrogens is 332 g/mol. The number of halogens is 2. The van der Waals surface area contributed by atoms with Crippen molar-refractivity contribution in [2.24, 2.45) is 4.99 Å². The average molecular weight is 349 g/mol. The molecule has 3 aromatic rings. The Kier molecular flexibility index (Phi) is 3.32. The number of hydrogen-bond acceptors (Lipinski definition) is 2. The van der Waals surface area contributed by atoms with E-state index in [4.69, 9.17) is 4.98 Å². The number of aromatic nitrogens is 2. The molecule has 1 aromatic heterocycles. The summed E-state index contributed by atoms with van der Waals surface area (Å²) in [6.45, 7) is 3.03. The van der Waals surface area contributed by atoms with E-state index in [1.807, 2.05) is 12.3 Å². The summed E-state index contributed by atoms with van der Waals surface area (Å²) in [7, 11) is 0. The van der Waals surface area contributed by atoms with Gasteiger partial charge in [-0.25, -0.2) is 13.8 Å². The molecule has 5 rings (SSSR count). The van der Waals surface area contributed by atoms with Gasteiger partial charge in [-0.05, 0) is 42.7 Å². The van der Waals surface area contributed by atoms with Gasteiger partial charge in [0.2, 0.25) is 0 Å².